The molecule has 0 aromatic heterocycles. The summed E-state index contributed by atoms with van der Waals surface area (Å²) in [6, 6.07) is 6.52. The predicted molar refractivity (Wildman–Crippen MR) is 58.2 cm³/mol. The van der Waals surface area contributed by atoms with Crippen molar-refractivity contribution in [2.75, 3.05) is 13.6 Å². The average Bonchev–Trinajstić information content (AvgIpc) is 2.10. The van der Waals surface area contributed by atoms with Crippen molar-refractivity contribution in [1.29, 1.82) is 0 Å². The molecule has 1 heteroatoms. The molecule has 0 fully saturated rings. The van der Waals surface area contributed by atoms with Gasteiger partial charge in [0, 0.05) is 0 Å². The molecule has 0 amide bonds. The van der Waals surface area contributed by atoms with Crippen LogP contribution in [-0.2, 0) is 6.42 Å². The number of rotatable bonds is 4. The molecule has 72 valence electrons. The third-order valence-corrected chi connectivity index (χ3v) is 2.50. The third-order valence-electron chi connectivity index (χ3n) is 2.50. The van der Waals surface area contributed by atoms with E-state index < -0.39 is 0 Å². The minimum absolute atomic E-state index is 1.10. The molecule has 1 nitrogen and oxygen atoms in total. The molecule has 1 N–H and O–H groups in total. The van der Waals surface area contributed by atoms with Crippen molar-refractivity contribution >= 4 is 0 Å². The van der Waals surface area contributed by atoms with E-state index in [-0.39, 0.29) is 0 Å². The van der Waals surface area contributed by atoms with Crippen LogP contribution in [0.25, 0.3) is 0 Å². The fourth-order valence-electron chi connectivity index (χ4n) is 1.69. The standard InChI is InChI=1S/C12H19N/c1-10-6-4-7-11(2)12(10)8-5-9-13-3/h4,6-7,13H,5,8-9H2,1-3H3. The summed E-state index contributed by atoms with van der Waals surface area (Å²) in [5, 5.41) is 3.18. The molecule has 0 radical (unpaired) electrons. The van der Waals surface area contributed by atoms with Crippen LogP contribution in [-0.4, -0.2) is 13.6 Å². The molecule has 1 rings (SSSR count). The molecule has 0 spiro atoms. The van der Waals surface area contributed by atoms with Gasteiger partial charge in [-0.15, -0.1) is 0 Å². The largest absolute Gasteiger partial charge is 0.320 e. The highest BCUT2D eigenvalue weighted by molar-refractivity contribution is 5.33. The molecule has 0 unspecified atom stereocenters. The van der Waals surface area contributed by atoms with E-state index in [0.717, 1.165) is 6.54 Å². The van der Waals surface area contributed by atoms with Crippen LogP contribution < -0.4 is 5.32 Å². The van der Waals surface area contributed by atoms with Crippen molar-refractivity contribution in [2.24, 2.45) is 0 Å². The summed E-state index contributed by atoms with van der Waals surface area (Å²) < 4.78 is 0. The lowest BCUT2D eigenvalue weighted by molar-refractivity contribution is 0.721. The molecule has 0 aliphatic heterocycles. The number of hydrogen-bond donors (Lipinski definition) is 1. The van der Waals surface area contributed by atoms with Crippen LogP contribution in [0.5, 0.6) is 0 Å². The first-order valence-electron chi connectivity index (χ1n) is 4.95. The Morgan fingerprint density at radius 2 is 1.77 bits per heavy atom. The molecule has 0 saturated heterocycles. The zero-order valence-electron chi connectivity index (χ0n) is 8.85. The normalized spacial score (nSPS) is 10.4. The van der Waals surface area contributed by atoms with Gasteiger partial charge in [-0.2, -0.15) is 0 Å². The molecular formula is C12H19N. The maximum absolute atomic E-state index is 3.18. The maximum Gasteiger partial charge on any atom is -0.00488 e. The summed E-state index contributed by atoms with van der Waals surface area (Å²) in [5.41, 5.74) is 4.38. The lowest BCUT2D eigenvalue weighted by Crippen LogP contribution is -2.09. The molecule has 0 saturated carbocycles. The first kappa shape index (κ1) is 10.3. The van der Waals surface area contributed by atoms with Gasteiger partial charge in [0.15, 0.2) is 0 Å². The fourth-order valence-corrected chi connectivity index (χ4v) is 1.69. The highest BCUT2D eigenvalue weighted by atomic mass is 14.8. The SMILES string of the molecule is CNCCCc1c(C)cccc1C. The average molecular weight is 177 g/mol. The Morgan fingerprint density at radius 3 is 2.31 bits per heavy atom. The first-order chi connectivity index (χ1) is 6.25. The summed E-state index contributed by atoms with van der Waals surface area (Å²) in [6.45, 7) is 5.50. The first-order valence-corrected chi connectivity index (χ1v) is 4.95. The predicted octanol–water partition coefficient (Wildman–Crippen LogP) is 2.46. The van der Waals surface area contributed by atoms with Crippen LogP contribution in [0.2, 0.25) is 0 Å². The Morgan fingerprint density at radius 1 is 1.15 bits per heavy atom. The van der Waals surface area contributed by atoms with Gasteiger partial charge in [0.25, 0.3) is 0 Å². The Labute approximate surface area is 81.2 Å². The van der Waals surface area contributed by atoms with Crippen molar-refractivity contribution in [1.82, 2.24) is 5.32 Å². The van der Waals surface area contributed by atoms with Crippen LogP contribution >= 0.6 is 0 Å². The van der Waals surface area contributed by atoms with Crippen LogP contribution in [0.15, 0.2) is 18.2 Å². The van der Waals surface area contributed by atoms with Gasteiger partial charge in [0.2, 0.25) is 0 Å². The number of benzene rings is 1. The summed E-state index contributed by atoms with van der Waals surface area (Å²) in [5.74, 6) is 0. The van der Waals surface area contributed by atoms with E-state index in [2.05, 4.69) is 37.4 Å². The highest BCUT2D eigenvalue weighted by Crippen LogP contribution is 2.14. The summed E-state index contributed by atoms with van der Waals surface area (Å²) >= 11 is 0. The Balaban J connectivity index is 2.64. The monoisotopic (exact) mass is 177 g/mol. The zero-order valence-corrected chi connectivity index (χ0v) is 8.85. The molecule has 0 aliphatic carbocycles. The highest BCUT2D eigenvalue weighted by Gasteiger charge is 2.00. The molecule has 0 aliphatic rings. The van der Waals surface area contributed by atoms with Crippen molar-refractivity contribution in [2.45, 2.75) is 26.7 Å². The van der Waals surface area contributed by atoms with Crippen LogP contribution in [0.1, 0.15) is 23.1 Å². The minimum atomic E-state index is 1.10. The van der Waals surface area contributed by atoms with Gasteiger partial charge >= 0.3 is 0 Å². The van der Waals surface area contributed by atoms with Gasteiger partial charge in [0.1, 0.15) is 0 Å². The lowest BCUT2D eigenvalue weighted by Gasteiger charge is -2.08. The van der Waals surface area contributed by atoms with E-state index in [1.165, 1.54) is 29.5 Å². The topological polar surface area (TPSA) is 12.0 Å². The Kier molecular flexibility index (Phi) is 3.97. The van der Waals surface area contributed by atoms with Crippen molar-refractivity contribution in [3.8, 4) is 0 Å². The van der Waals surface area contributed by atoms with Crippen LogP contribution in [0, 0.1) is 13.8 Å². The van der Waals surface area contributed by atoms with E-state index in [4.69, 9.17) is 0 Å². The molecule has 0 heterocycles. The molecule has 1 aromatic carbocycles. The van der Waals surface area contributed by atoms with E-state index in [1.54, 1.807) is 0 Å². The lowest BCUT2D eigenvalue weighted by atomic mass is 9.99. The van der Waals surface area contributed by atoms with Crippen LogP contribution in [0.4, 0.5) is 0 Å². The number of nitrogens with one attached hydrogen (secondary N) is 1. The van der Waals surface area contributed by atoms with Gasteiger partial charge in [-0.3, -0.25) is 0 Å². The van der Waals surface area contributed by atoms with Crippen LogP contribution in [0.3, 0.4) is 0 Å². The second-order valence-electron chi connectivity index (χ2n) is 3.58. The fraction of sp³-hybridized carbons (Fsp3) is 0.500. The molecule has 0 atom stereocenters. The maximum atomic E-state index is 3.18. The number of hydrogen-bond acceptors (Lipinski definition) is 1. The van der Waals surface area contributed by atoms with Gasteiger partial charge in [-0.25, -0.2) is 0 Å². The van der Waals surface area contributed by atoms with E-state index in [1.807, 2.05) is 7.05 Å². The van der Waals surface area contributed by atoms with E-state index in [9.17, 15) is 0 Å². The third kappa shape index (κ3) is 2.85. The number of aryl methyl sites for hydroxylation is 2. The smallest absolute Gasteiger partial charge is 0.00488 e. The minimum Gasteiger partial charge on any atom is -0.320 e. The molecular weight excluding hydrogens is 158 g/mol. The Bertz CT molecular complexity index is 246. The van der Waals surface area contributed by atoms with Crippen molar-refractivity contribution in [3.63, 3.8) is 0 Å². The summed E-state index contributed by atoms with van der Waals surface area (Å²) in [7, 11) is 2.00. The zero-order chi connectivity index (χ0) is 9.68. The molecule has 13 heavy (non-hydrogen) atoms. The van der Waals surface area contributed by atoms with Gasteiger partial charge in [-0.1, -0.05) is 18.2 Å². The summed E-state index contributed by atoms with van der Waals surface area (Å²) in [4.78, 5) is 0. The van der Waals surface area contributed by atoms with Crippen molar-refractivity contribution < 1.29 is 0 Å². The summed E-state index contributed by atoms with van der Waals surface area (Å²) in [6.07, 6.45) is 2.42. The van der Waals surface area contributed by atoms with Gasteiger partial charge < -0.3 is 5.32 Å². The second-order valence-corrected chi connectivity index (χ2v) is 3.58. The quantitative estimate of drug-likeness (QED) is 0.697. The molecule has 0 bridgehead atoms. The van der Waals surface area contributed by atoms with Crippen molar-refractivity contribution in [3.05, 3.63) is 34.9 Å². The van der Waals surface area contributed by atoms with E-state index >= 15 is 0 Å². The van der Waals surface area contributed by atoms with Gasteiger partial charge in [-0.05, 0) is 57.0 Å². The Hall–Kier alpha value is -0.820. The van der Waals surface area contributed by atoms with Gasteiger partial charge in [0.05, 0.1) is 0 Å². The second kappa shape index (κ2) is 5.03. The molecule has 1 aromatic rings. The van der Waals surface area contributed by atoms with E-state index in [0.29, 0.717) is 0 Å².